The molecule has 4 heteroatoms. The number of pyridine rings is 1. The SMILES string of the molecule is CCCNc1ncccc1CN1CC2CCC(C1)O2. The van der Waals surface area contributed by atoms with Gasteiger partial charge in [0.05, 0.1) is 12.2 Å². The van der Waals surface area contributed by atoms with Crippen molar-refractivity contribution < 1.29 is 4.74 Å². The van der Waals surface area contributed by atoms with Gasteiger partial charge in [0.15, 0.2) is 0 Å². The molecule has 0 radical (unpaired) electrons. The first-order valence-electron chi connectivity index (χ1n) is 7.40. The Morgan fingerprint density at radius 2 is 2.16 bits per heavy atom. The third-order valence-corrected chi connectivity index (χ3v) is 3.95. The van der Waals surface area contributed by atoms with Crippen molar-refractivity contribution in [3.8, 4) is 0 Å². The Morgan fingerprint density at radius 3 is 2.89 bits per heavy atom. The lowest BCUT2D eigenvalue weighted by molar-refractivity contribution is -0.0410. The van der Waals surface area contributed by atoms with Gasteiger partial charge in [0.1, 0.15) is 5.82 Å². The molecule has 0 saturated carbocycles. The third-order valence-electron chi connectivity index (χ3n) is 3.95. The quantitative estimate of drug-likeness (QED) is 0.882. The van der Waals surface area contributed by atoms with Crippen LogP contribution in [0.4, 0.5) is 5.82 Å². The van der Waals surface area contributed by atoms with E-state index in [4.69, 9.17) is 4.74 Å². The Bertz CT molecular complexity index is 412. The van der Waals surface area contributed by atoms with Crippen LogP contribution in [-0.4, -0.2) is 41.7 Å². The van der Waals surface area contributed by atoms with Crippen LogP contribution in [-0.2, 0) is 11.3 Å². The number of anilines is 1. The molecule has 104 valence electrons. The number of hydrogen-bond donors (Lipinski definition) is 1. The maximum absolute atomic E-state index is 5.89. The number of likely N-dealkylation sites (tertiary alicyclic amines) is 1. The molecule has 1 N–H and O–H groups in total. The number of hydrogen-bond acceptors (Lipinski definition) is 4. The van der Waals surface area contributed by atoms with Crippen LogP contribution in [0, 0.1) is 0 Å². The molecule has 0 amide bonds. The van der Waals surface area contributed by atoms with Crippen molar-refractivity contribution in [1.29, 1.82) is 0 Å². The Hall–Kier alpha value is -1.13. The predicted octanol–water partition coefficient (Wildman–Crippen LogP) is 2.27. The lowest BCUT2D eigenvalue weighted by Gasteiger charge is -2.32. The molecular formula is C15H23N3O. The second-order valence-corrected chi connectivity index (χ2v) is 5.59. The first-order valence-corrected chi connectivity index (χ1v) is 7.40. The molecule has 2 bridgehead atoms. The molecule has 3 heterocycles. The van der Waals surface area contributed by atoms with Gasteiger partial charge in [-0.2, -0.15) is 0 Å². The minimum atomic E-state index is 0.461. The van der Waals surface area contributed by atoms with Gasteiger partial charge in [0.25, 0.3) is 0 Å². The van der Waals surface area contributed by atoms with Crippen LogP contribution in [0.2, 0.25) is 0 Å². The van der Waals surface area contributed by atoms with Crippen LogP contribution in [0.15, 0.2) is 18.3 Å². The van der Waals surface area contributed by atoms with E-state index < -0.39 is 0 Å². The van der Waals surface area contributed by atoms with Gasteiger partial charge in [0, 0.05) is 37.9 Å². The first-order chi connectivity index (χ1) is 9.35. The molecule has 1 aromatic rings. The van der Waals surface area contributed by atoms with Gasteiger partial charge >= 0.3 is 0 Å². The van der Waals surface area contributed by atoms with Crippen molar-refractivity contribution in [1.82, 2.24) is 9.88 Å². The largest absolute Gasteiger partial charge is 0.372 e. The summed E-state index contributed by atoms with van der Waals surface area (Å²) in [6, 6.07) is 4.21. The second kappa shape index (κ2) is 5.88. The van der Waals surface area contributed by atoms with Gasteiger partial charge in [-0.25, -0.2) is 4.98 Å². The summed E-state index contributed by atoms with van der Waals surface area (Å²) in [7, 11) is 0. The highest BCUT2D eigenvalue weighted by Gasteiger charge is 2.33. The number of fused-ring (bicyclic) bond motifs is 2. The molecule has 2 atom stereocenters. The van der Waals surface area contributed by atoms with Crippen molar-refractivity contribution in [3.63, 3.8) is 0 Å². The van der Waals surface area contributed by atoms with Crippen molar-refractivity contribution in [2.24, 2.45) is 0 Å². The van der Waals surface area contributed by atoms with E-state index in [0.29, 0.717) is 12.2 Å². The molecular weight excluding hydrogens is 238 g/mol. The highest BCUT2D eigenvalue weighted by atomic mass is 16.5. The van der Waals surface area contributed by atoms with Crippen LogP contribution < -0.4 is 5.32 Å². The van der Waals surface area contributed by atoms with Gasteiger partial charge in [-0.1, -0.05) is 13.0 Å². The first kappa shape index (κ1) is 12.9. The normalized spacial score (nSPS) is 26.6. The molecule has 4 nitrogen and oxygen atoms in total. The number of aromatic nitrogens is 1. The Balaban J connectivity index is 1.65. The average Bonchev–Trinajstić information content (AvgIpc) is 2.77. The molecule has 1 aromatic heterocycles. The minimum Gasteiger partial charge on any atom is -0.372 e. The fourth-order valence-corrected chi connectivity index (χ4v) is 3.04. The molecule has 2 unspecified atom stereocenters. The molecule has 0 aliphatic carbocycles. The molecule has 2 fully saturated rings. The molecule has 2 saturated heterocycles. The van der Waals surface area contributed by atoms with Crippen LogP contribution in [0.25, 0.3) is 0 Å². The van der Waals surface area contributed by atoms with Crippen LogP contribution >= 0.6 is 0 Å². The average molecular weight is 261 g/mol. The number of rotatable bonds is 5. The Morgan fingerprint density at radius 1 is 1.37 bits per heavy atom. The van der Waals surface area contributed by atoms with E-state index in [9.17, 15) is 0 Å². The topological polar surface area (TPSA) is 37.4 Å². The highest BCUT2D eigenvalue weighted by molar-refractivity contribution is 5.43. The summed E-state index contributed by atoms with van der Waals surface area (Å²) in [5.74, 6) is 1.04. The summed E-state index contributed by atoms with van der Waals surface area (Å²) in [5, 5.41) is 3.42. The smallest absolute Gasteiger partial charge is 0.130 e. The second-order valence-electron chi connectivity index (χ2n) is 5.59. The van der Waals surface area contributed by atoms with E-state index in [0.717, 1.165) is 38.4 Å². The van der Waals surface area contributed by atoms with Crippen LogP contribution in [0.5, 0.6) is 0 Å². The van der Waals surface area contributed by atoms with E-state index in [-0.39, 0.29) is 0 Å². The van der Waals surface area contributed by atoms with Crippen molar-refractivity contribution in [2.45, 2.75) is 44.9 Å². The zero-order valence-electron chi connectivity index (χ0n) is 11.6. The zero-order valence-corrected chi connectivity index (χ0v) is 11.6. The Kier molecular flexibility index (Phi) is 3.99. The van der Waals surface area contributed by atoms with Gasteiger partial charge in [-0.15, -0.1) is 0 Å². The van der Waals surface area contributed by atoms with Crippen LogP contribution in [0.1, 0.15) is 31.7 Å². The van der Waals surface area contributed by atoms with Gasteiger partial charge in [-0.05, 0) is 25.3 Å². The number of morpholine rings is 1. The fraction of sp³-hybridized carbons (Fsp3) is 0.667. The summed E-state index contributed by atoms with van der Waals surface area (Å²) < 4.78 is 5.89. The summed E-state index contributed by atoms with van der Waals surface area (Å²) in [6.45, 7) is 6.28. The van der Waals surface area contributed by atoms with E-state index in [1.165, 1.54) is 18.4 Å². The maximum atomic E-state index is 5.89. The Labute approximate surface area is 115 Å². The van der Waals surface area contributed by atoms with E-state index >= 15 is 0 Å². The zero-order chi connectivity index (χ0) is 13.1. The molecule has 2 aliphatic heterocycles. The van der Waals surface area contributed by atoms with Gasteiger partial charge in [0.2, 0.25) is 0 Å². The number of nitrogens with one attached hydrogen (secondary N) is 1. The maximum Gasteiger partial charge on any atom is 0.130 e. The number of nitrogens with zero attached hydrogens (tertiary/aromatic N) is 2. The minimum absolute atomic E-state index is 0.461. The number of ether oxygens (including phenoxy) is 1. The molecule has 0 aromatic carbocycles. The monoisotopic (exact) mass is 261 g/mol. The van der Waals surface area contributed by atoms with Gasteiger partial charge in [-0.3, -0.25) is 4.90 Å². The van der Waals surface area contributed by atoms with Crippen molar-refractivity contribution >= 4 is 5.82 Å². The summed E-state index contributed by atoms with van der Waals surface area (Å²) in [5.41, 5.74) is 1.30. The summed E-state index contributed by atoms with van der Waals surface area (Å²) >= 11 is 0. The standard InChI is InChI=1S/C15H23N3O/c1-2-7-16-15-12(4-3-8-17-15)9-18-10-13-5-6-14(11-18)19-13/h3-4,8,13-14H,2,5-7,9-11H2,1H3,(H,16,17). The molecule has 3 rings (SSSR count). The van der Waals surface area contributed by atoms with E-state index in [1.807, 2.05) is 12.3 Å². The summed E-state index contributed by atoms with van der Waals surface area (Å²) in [6.07, 6.45) is 6.37. The lowest BCUT2D eigenvalue weighted by atomic mass is 10.2. The summed E-state index contributed by atoms with van der Waals surface area (Å²) in [4.78, 5) is 6.98. The molecule has 2 aliphatic rings. The predicted molar refractivity (Wildman–Crippen MR) is 76.2 cm³/mol. The highest BCUT2D eigenvalue weighted by Crippen LogP contribution is 2.27. The lowest BCUT2D eigenvalue weighted by Crippen LogP contribution is -2.42. The molecule has 0 spiro atoms. The van der Waals surface area contributed by atoms with Crippen molar-refractivity contribution in [2.75, 3.05) is 25.0 Å². The fourth-order valence-electron chi connectivity index (χ4n) is 3.04. The van der Waals surface area contributed by atoms with Crippen molar-refractivity contribution in [3.05, 3.63) is 23.9 Å². The third kappa shape index (κ3) is 3.07. The molecule has 19 heavy (non-hydrogen) atoms. The van der Waals surface area contributed by atoms with E-state index in [1.54, 1.807) is 0 Å². The van der Waals surface area contributed by atoms with Crippen LogP contribution in [0.3, 0.4) is 0 Å². The van der Waals surface area contributed by atoms with E-state index in [2.05, 4.69) is 28.2 Å². The van der Waals surface area contributed by atoms with Gasteiger partial charge < -0.3 is 10.1 Å².